The quantitative estimate of drug-likeness (QED) is 0.615. The highest BCUT2D eigenvalue weighted by molar-refractivity contribution is 6.35. The van der Waals surface area contributed by atoms with Gasteiger partial charge in [0.15, 0.2) is 0 Å². The Labute approximate surface area is 109 Å². The molecule has 2 aromatic rings. The van der Waals surface area contributed by atoms with E-state index in [1.807, 2.05) is 0 Å². The number of nitrogens with one attached hydrogen (secondary N) is 1. The van der Waals surface area contributed by atoms with E-state index < -0.39 is 0 Å². The van der Waals surface area contributed by atoms with Crippen LogP contribution in [0.4, 0.5) is 10.1 Å². The van der Waals surface area contributed by atoms with E-state index in [-0.39, 0.29) is 5.82 Å². The third-order valence-corrected chi connectivity index (χ3v) is 3.76. The van der Waals surface area contributed by atoms with Crippen molar-refractivity contribution < 1.29 is 4.39 Å². The van der Waals surface area contributed by atoms with E-state index in [1.54, 1.807) is 0 Å². The molecule has 3 rings (SSSR count). The molecule has 18 heavy (non-hydrogen) atoms. The Kier molecular flexibility index (Phi) is 2.84. The van der Waals surface area contributed by atoms with E-state index in [0.29, 0.717) is 21.6 Å². The maximum absolute atomic E-state index is 14.0. The summed E-state index contributed by atoms with van der Waals surface area (Å²) in [5.41, 5.74) is 5.76. The van der Waals surface area contributed by atoms with Crippen molar-refractivity contribution in [3.8, 4) is 0 Å². The van der Waals surface area contributed by atoms with Gasteiger partial charge in [0, 0.05) is 5.69 Å². The van der Waals surface area contributed by atoms with Gasteiger partial charge in [0.1, 0.15) is 5.82 Å². The van der Waals surface area contributed by atoms with E-state index >= 15 is 0 Å². The average Bonchev–Trinajstić information content (AvgIpc) is 2.41. The molecule has 1 aromatic carbocycles. The first-order chi connectivity index (χ1) is 8.72. The molecule has 1 heterocycles. The van der Waals surface area contributed by atoms with Gasteiger partial charge in [0.2, 0.25) is 0 Å². The minimum atomic E-state index is -0.344. The topological polar surface area (TPSA) is 50.9 Å². The molecule has 94 valence electrons. The number of rotatable bonds is 1. The summed E-state index contributed by atoms with van der Waals surface area (Å²) in [6.07, 6.45) is 3.95. The van der Waals surface area contributed by atoms with Crippen LogP contribution in [0.5, 0.6) is 0 Å². The van der Waals surface area contributed by atoms with Gasteiger partial charge >= 0.3 is 0 Å². The van der Waals surface area contributed by atoms with Gasteiger partial charge in [-0.3, -0.25) is 10.8 Å². The molecule has 1 aliphatic rings. The average molecular weight is 266 g/mol. The lowest BCUT2D eigenvalue weighted by molar-refractivity contribution is 0.637. The van der Waals surface area contributed by atoms with Crippen LogP contribution in [0.2, 0.25) is 5.02 Å². The lowest BCUT2D eigenvalue weighted by atomic mass is 9.93. The van der Waals surface area contributed by atoms with E-state index in [0.717, 1.165) is 36.9 Å². The SMILES string of the molecule is NNc1c2c(nc3c(Cl)ccc(F)c13)CCCC2. The highest BCUT2D eigenvalue weighted by Crippen LogP contribution is 2.36. The third-order valence-electron chi connectivity index (χ3n) is 3.46. The largest absolute Gasteiger partial charge is 0.323 e. The van der Waals surface area contributed by atoms with Crippen LogP contribution in [-0.2, 0) is 12.8 Å². The zero-order chi connectivity index (χ0) is 12.7. The Morgan fingerprint density at radius 2 is 2.06 bits per heavy atom. The summed E-state index contributed by atoms with van der Waals surface area (Å²) in [6, 6.07) is 2.88. The first-order valence-corrected chi connectivity index (χ1v) is 6.36. The van der Waals surface area contributed by atoms with E-state index in [1.165, 1.54) is 12.1 Å². The molecule has 0 amide bonds. The van der Waals surface area contributed by atoms with E-state index in [9.17, 15) is 4.39 Å². The Morgan fingerprint density at radius 3 is 2.83 bits per heavy atom. The number of nitrogens with two attached hydrogens (primary N) is 1. The highest BCUT2D eigenvalue weighted by atomic mass is 35.5. The molecule has 3 N–H and O–H groups in total. The summed E-state index contributed by atoms with van der Waals surface area (Å²) in [5.74, 6) is 5.23. The third kappa shape index (κ3) is 1.64. The molecule has 0 radical (unpaired) electrons. The molecule has 0 bridgehead atoms. The summed E-state index contributed by atoms with van der Waals surface area (Å²) in [7, 11) is 0. The number of pyridine rings is 1. The number of hydrogen-bond acceptors (Lipinski definition) is 3. The number of halogens is 2. The fraction of sp³-hybridized carbons (Fsp3) is 0.308. The lowest BCUT2D eigenvalue weighted by Crippen LogP contribution is -2.15. The zero-order valence-corrected chi connectivity index (χ0v) is 10.5. The van der Waals surface area contributed by atoms with Gasteiger partial charge in [-0.05, 0) is 43.4 Å². The minimum absolute atomic E-state index is 0.344. The van der Waals surface area contributed by atoms with E-state index in [2.05, 4.69) is 10.4 Å². The maximum Gasteiger partial charge on any atom is 0.134 e. The predicted molar refractivity (Wildman–Crippen MR) is 71.2 cm³/mol. The van der Waals surface area contributed by atoms with Gasteiger partial charge in [-0.1, -0.05) is 11.6 Å². The van der Waals surface area contributed by atoms with Crippen molar-refractivity contribution in [2.45, 2.75) is 25.7 Å². The molecular weight excluding hydrogens is 253 g/mol. The number of nitrogens with zero attached hydrogens (tertiary/aromatic N) is 1. The summed E-state index contributed by atoms with van der Waals surface area (Å²) in [6.45, 7) is 0. The first kappa shape index (κ1) is 11.7. The van der Waals surface area contributed by atoms with Crippen molar-refractivity contribution in [2.24, 2.45) is 5.84 Å². The van der Waals surface area contributed by atoms with Crippen LogP contribution < -0.4 is 11.3 Å². The molecule has 0 aliphatic heterocycles. The Bertz CT molecular complexity index is 627. The van der Waals surface area contributed by atoms with Crippen LogP contribution >= 0.6 is 11.6 Å². The number of nitrogen functional groups attached to an aromatic ring is 1. The first-order valence-electron chi connectivity index (χ1n) is 5.98. The molecule has 0 unspecified atom stereocenters. The van der Waals surface area contributed by atoms with Crippen molar-refractivity contribution in [3.63, 3.8) is 0 Å². The Morgan fingerprint density at radius 1 is 1.28 bits per heavy atom. The molecule has 0 spiro atoms. The molecule has 0 fully saturated rings. The van der Waals surface area contributed by atoms with Gasteiger partial charge in [-0.25, -0.2) is 4.39 Å². The molecular formula is C13H13ClFN3. The van der Waals surface area contributed by atoms with Gasteiger partial charge < -0.3 is 5.43 Å². The van der Waals surface area contributed by atoms with Gasteiger partial charge in [-0.2, -0.15) is 0 Å². The fourth-order valence-electron chi connectivity index (χ4n) is 2.62. The minimum Gasteiger partial charge on any atom is -0.323 e. The van der Waals surface area contributed by atoms with Gasteiger partial charge in [0.05, 0.1) is 21.6 Å². The Hall–Kier alpha value is -1.39. The highest BCUT2D eigenvalue weighted by Gasteiger charge is 2.20. The maximum atomic E-state index is 14.0. The second kappa shape index (κ2) is 4.37. The van der Waals surface area contributed by atoms with Gasteiger partial charge in [-0.15, -0.1) is 0 Å². The molecule has 0 atom stereocenters. The number of aryl methyl sites for hydroxylation is 1. The number of hydrogen-bond donors (Lipinski definition) is 2. The van der Waals surface area contributed by atoms with Crippen LogP contribution in [0.3, 0.4) is 0 Å². The number of benzene rings is 1. The van der Waals surface area contributed by atoms with Gasteiger partial charge in [0.25, 0.3) is 0 Å². The molecule has 0 saturated carbocycles. The van der Waals surface area contributed by atoms with Crippen LogP contribution in [-0.4, -0.2) is 4.98 Å². The zero-order valence-electron chi connectivity index (χ0n) is 9.76. The van der Waals surface area contributed by atoms with Crippen LogP contribution in [0.25, 0.3) is 10.9 Å². The summed E-state index contributed by atoms with van der Waals surface area (Å²) in [4.78, 5) is 4.52. The fourth-order valence-corrected chi connectivity index (χ4v) is 2.82. The number of anilines is 1. The number of fused-ring (bicyclic) bond motifs is 2. The molecule has 0 saturated heterocycles. The summed E-state index contributed by atoms with van der Waals surface area (Å²) in [5, 5.41) is 0.849. The lowest BCUT2D eigenvalue weighted by Gasteiger charge is -2.20. The number of aromatic nitrogens is 1. The predicted octanol–water partition coefficient (Wildman–Crippen LogP) is 3.19. The standard InChI is InChI=1S/C13H13ClFN3/c14-8-5-6-9(15)11-12(18-16)7-3-1-2-4-10(7)17-13(8)11/h5-6H,1-4,16H2,(H,17,18). The van der Waals surface area contributed by atoms with Crippen molar-refractivity contribution in [3.05, 3.63) is 34.2 Å². The normalized spacial score (nSPS) is 14.6. The van der Waals surface area contributed by atoms with Crippen molar-refractivity contribution >= 4 is 28.2 Å². The van der Waals surface area contributed by atoms with Crippen molar-refractivity contribution in [1.29, 1.82) is 0 Å². The number of hydrazine groups is 1. The van der Waals surface area contributed by atoms with Crippen LogP contribution in [0.1, 0.15) is 24.1 Å². The Balaban J connectivity index is 2.44. The second-order valence-electron chi connectivity index (χ2n) is 4.52. The van der Waals surface area contributed by atoms with Crippen LogP contribution in [0.15, 0.2) is 12.1 Å². The second-order valence-corrected chi connectivity index (χ2v) is 4.92. The monoisotopic (exact) mass is 265 g/mol. The molecule has 5 heteroatoms. The summed E-state index contributed by atoms with van der Waals surface area (Å²) < 4.78 is 14.0. The summed E-state index contributed by atoms with van der Waals surface area (Å²) >= 11 is 6.10. The van der Waals surface area contributed by atoms with Crippen LogP contribution in [0, 0.1) is 5.82 Å². The van der Waals surface area contributed by atoms with Crippen molar-refractivity contribution in [2.75, 3.05) is 5.43 Å². The molecule has 1 aliphatic carbocycles. The van der Waals surface area contributed by atoms with Crippen molar-refractivity contribution in [1.82, 2.24) is 4.98 Å². The molecule has 1 aromatic heterocycles. The van der Waals surface area contributed by atoms with E-state index in [4.69, 9.17) is 17.4 Å². The smallest absolute Gasteiger partial charge is 0.134 e. The molecule has 3 nitrogen and oxygen atoms in total.